The first-order chi connectivity index (χ1) is 10.4. The van der Waals surface area contributed by atoms with Crippen LogP contribution in [-0.2, 0) is 0 Å². The molecule has 1 saturated carbocycles. The van der Waals surface area contributed by atoms with Gasteiger partial charge in [0.2, 0.25) is 0 Å². The molecule has 2 rings (SSSR count). The van der Waals surface area contributed by atoms with Gasteiger partial charge in [0.25, 0.3) is 0 Å². The summed E-state index contributed by atoms with van der Waals surface area (Å²) in [6, 6.07) is 1.12. The highest BCUT2D eigenvalue weighted by atomic mass is 32.2. The second-order valence-electron chi connectivity index (χ2n) is 8.33. The first kappa shape index (κ1) is 18.2. The average Bonchev–Trinajstić information content (AvgIpc) is 2.44. The quantitative estimate of drug-likeness (QED) is 0.586. The Bertz CT molecular complexity index is 376. The van der Waals surface area contributed by atoms with Crippen molar-refractivity contribution in [2.75, 3.05) is 6.26 Å². The van der Waals surface area contributed by atoms with Crippen molar-refractivity contribution in [3.63, 3.8) is 0 Å². The van der Waals surface area contributed by atoms with Crippen LogP contribution in [0.15, 0.2) is 4.99 Å². The third-order valence-corrected chi connectivity index (χ3v) is 6.24. The van der Waals surface area contributed by atoms with Gasteiger partial charge in [0, 0.05) is 24.8 Å². The maximum atomic E-state index is 4.93. The van der Waals surface area contributed by atoms with Crippen molar-refractivity contribution in [2.24, 2.45) is 16.3 Å². The van der Waals surface area contributed by atoms with E-state index in [2.05, 4.69) is 38.3 Å². The Balaban J connectivity index is 2.19. The summed E-state index contributed by atoms with van der Waals surface area (Å²) in [5.41, 5.74) is 0.511. The molecule has 2 aliphatic rings. The highest BCUT2D eigenvalue weighted by Crippen LogP contribution is 2.42. The van der Waals surface area contributed by atoms with Crippen LogP contribution in [-0.4, -0.2) is 28.5 Å². The number of aliphatic imine (C=N–C) groups is 1. The highest BCUT2D eigenvalue weighted by molar-refractivity contribution is 7.96. The van der Waals surface area contributed by atoms with E-state index in [9.17, 15) is 0 Å². The summed E-state index contributed by atoms with van der Waals surface area (Å²) in [5, 5.41) is 0. The van der Waals surface area contributed by atoms with Gasteiger partial charge in [0.15, 0.2) is 0 Å². The Labute approximate surface area is 142 Å². The van der Waals surface area contributed by atoms with Crippen LogP contribution in [0.1, 0.15) is 85.5 Å². The van der Waals surface area contributed by atoms with E-state index in [-0.39, 0.29) is 0 Å². The Hall–Kier alpha value is -0.180. The molecule has 2 atom stereocenters. The minimum absolute atomic E-state index is 0.414. The van der Waals surface area contributed by atoms with Crippen LogP contribution < -0.4 is 0 Å². The van der Waals surface area contributed by atoms with Crippen molar-refractivity contribution in [1.29, 1.82) is 0 Å². The van der Waals surface area contributed by atoms with E-state index in [0.717, 1.165) is 5.92 Å². The standard InChI is InChI=1S/C19H36N2S/c1-15(2)20-18-12-11-16-14-19(3,4)13-9-7-6-8-10-17(16)21(18)22-5/h15-17H,6-14H2,1-5H3. The molecular formula is C19H36N2S. The lowest BCUT2D eigenvalue weighted by Crippen LogP contribution is -2.46. The van der Waals surface area contributed by atoms with Crippen molar-refractivity contribution >= 4 is 17.8 Å². The molecule has 0 aromatic carbocycles. The lowest BCUT2D eigenvalue weighted by molar-refractivity contribution is 0.156. The Kier molecular flexibility index (Phi) is 6.67. The molecule has 2 fully saturated rings. The van der Waals surface area contributed by atoms with Gasteiger partial charge in [0.05, 0.1) is 0 Å². The molecule has 22 heavy (non-hydrogen) atoms. The van der Waals surface area contributed by atoms with Crippen LogP contribution >= 0.6 is 11.9 Å². The SMILES string of the molecule is CSN1C(=NC(C)C)CCC2CC(C)(C)CCCCCCC21. The van der Waals surface area contributed by atoms with Gasteiger partial charge in [0.1, 0.15) is 5.84 Å². The van der Waals surface area contributed by atoms with Crippen LogP contribution in [0.4, 0.5) is 0 Å². The van der Waals surface area contributed by atoms with Gasteiger partial charge in [-0.15, -0.1) is 0 Å². The Morgan fingerprint density at radius 3 is 2.55 bits per heavy atom. The topological polar surface area (TPSA) is 15.6 Å². The minimum atomic E-state index is 0.414. The fourth-order valence-corrected chi connectivity index (χ4v) is 5.27. The molecule has 2 nitrogen and oxygen atoms in total. The maximum absolute atomic E-state index is 4.93. The minimum Gasteiger partial charge on any atom is -0.301 e. The lowest BCUT2D eigenvalue weighted by Gasteiger charge is -2.45. The van der Waals surface area contributed by atoms with Crippen LogP contribution in [0.3, 0.4) is 0 Å². The summed E-state index contributed by atoms with van der Waals surface area (Å²) in [4.78, 5) is 4.93. The summed E-state index contributed by atoms with van der Waals surface area (Å²) < 4.78 is 2.59. The van der Waals surface area contributed by atoms with E-state index in [4.69, 9.17) is 4.99 Å². The lowest BCUT2D eigenvalue weighted by atomic mass is 9.72. The smallest absolute Gasteiger partial charge is 0.109 e. The zero-order valence-electron chi connectivity index (χ0n) is 15.4. The van der Waals surface area contributed by atoms with E-state index < -0.39 is 0 Å². The first-order valence-electron chi connectivity index (χ1n) is 9.33. The van der Waals surface area contributed by atoms with Gasteiger partial charge in [-0.1, -0.05) is 51.5 Å². The maximum Gasteiger partial charge on any atom is 0.109 e. The molecule has 0 aromatic rings. The zero-order chi connectivity index (χ0) is 16.2. The van der Waals surface area contributed by atoms with Crippen LogP contribution in [0, 0.1) is 11.3 Å². The second-order valence-corrected chi connectivity index (χ2v) is 9.09. The molecule has 1 saturated heterocycles. The molecule has 0 aromatic heterocycles. The Morgan fingerprint density at radius 2 is 1.86 bits per heavy atom. The van der Waals surface area contributed by atoms with Gasteiger partial charge in [-0.3, -0.25) is 4.99 Å². The summed E-state index contributed by atoms with van der Waals surface area (Å²) in [7, 11) is 0. The number of fused-ring (bicyclic) bond motifs is 1. The predicted molar refractivity (Wildman–Crippen MR) is 101 cm³/mol. The van der Waals surface area contributed by atoms with Crippen molar-refractivity contribution < 1.29 is 0 Å². The van der Waals surface area contributed by atoms with Crippen molar-refractivity contribution in [1.82, 2.24) is 4.31 Å². The van der Waals surface area contributed by atoms with Gasteiger partial charge in [-0.05, 0) is 50.9 Å². The fraction of sp³-hybridized carbons (Fsp3) is 0.947. The summed E-state index contributed by atoms with van der Waals surface area (Å²) in [5.74, 6) is 2.21. The van der Waals surface area contributed by atoms with E-state index in [1.807, 2.05) is 11.9 Å². The second kappa shape index (κ2) is 8.08. The molecule has 1 heterocycles. The summed E-state index contributed by atoms with van der Waals surface area (Å²) in [6.07, 6.45) is 14.6. The Morgan fingerprint density at radius 1 is 1.14 bits per heavy atom. The number of rotatable bonds is 2. The molecule has 0 spiro atoms. The molecule has 0 N–H and O–H groups in total. The van der Waals surface area contributed by atoms with Crippen molar-refractivity contribution in [3.05, 3.63) is 0 Å². The molecule has 3 heteroatoms. The number of hydrogen-bond donors (Lipinski definition) is 0. The van der Waals surface area contributed by atoms with Crippen molar-refractivity contribution in [3.8, 4) is 0 Å². The fourth-order valence-electron chi connectivity index (χ4n) is 4.37. The molecule has 1 aliphatic carbocycles. The third kappa shape index (κ3) is 4.91. The van der Waals surface area contributed by atoms with Crippen LogP contribution in [0.5, 0.6) is 0 Å². The molecule has 2 unspecified atom stereocenters. The van der Waals surface area contributed by atoms with E-state index in [1.165, 1.54) is 63.6 Å². The molecule has 128 valence electrons. The highest BCUT2D eigenvalue weighted by Gasteiger charge is 2.37. The van der Waals surface area contributed by atoms with Gasteiger partial charge in [-0.2, -0.15) is 0 Å². The molecule has 0 radical (unpaired) electrons. The first-order valence-corrected chi connectivity index (χ1v) is 10.5. The zero-order valence-corrected chi connectivity index (χ0v) is 16.2. The van der Waals surface area contributed by atoms with Crippen molar-refractivity contribution in [2.45, 2.75) is 97.6 Å². The summed E-state index contributed by atoms with van der Waals surface area (Å²) >= 11 is 1.91. The largest absolute Gasteiger partial charge is 0.301 e. The summed E-state index contributed by atoms with van der Waals surface area (Å²) in [6.45, 7) is 9.39. The predicted octanol–water partition coefficient (Wildman–Crippen LogP) is 5.92. The number of piperidine rings is 1. The third-order valence-electron chi connectivity index (χ3n) is 5.36. The van der Waals surface area contributed by atoms with Gasteiger partial charge >= 0.3 is 0 Å². The number of nitrogens with zero attached hydrogens (tertiary/aromatic N) is 2. The van der Waals surface area contributed by atoms with E-state index in [1.54, 1.807) is 0 Å². The van der Waals surface area contributed by atoms with Crippen LogP contribution in [0.25, 0.3) is 0 Å². The molecular weight excluding hydrogens is 288 g/mol. The van der Waals surface area contributed by atoms with Gasteiger partial charge in [-0.25, -0.2) is 0 Å². The average molecular weight is 325 g/mol. The van der Waals surface area contributed by atoms with E-state index in [0.29, 0.717) is 17.5 Å². The molecule has 1 aliphatic heterocycles. The van der Waals surface area contributed by atoms with E-state index >= 15 is 0 Å². The number of amidine groups is 1. The molecule has 0 amide bonds. The number of hydrogen-bond acceptors (Lipinski definition) is 2. The normalized spacial score (nSPS) is 32.1. The van der Waals surface area contributed by atoms with Crippen LogP contribution in [0.2, 0.25) is 0 Å². The van der Waals surface area contributed by atoms with Gasteiger partial charge < -0.3 is 4.31 Å². The monoisotopic (exact) mass is 324 g/mol. The molecule has 0 bridgehead atoms.